The molecule has 0 unspecified atom stereocenters. The van der Waals surface area contributed by atoms with Crippen molar-refractivity contribution in [2.75, 3.05) is 0 Å². The highest BCUT2D eigenvalue weighted by Gasteiger charge is 2.38. The molecule has 0 saturated carbocycles. The normalized spacial score (nSPS) is 15.2. The van der Waals surface area contributed by atoms with E-state index >= 15 is 0 Å². The lowest BCUT2D eigenvalue weighted by Gasteiger charge is -2.01. The van der Waals surface area contributed by atoms with Crippen LogP contribution in [-0.4, -0.2) is 20.2 Å². The van der Waals surface area contributed by atoms with Gasteiger partial charge in [0.15, 0.2) is 4.91 Å². The Morgan fingerprint density at radius 3 is 2.32 bits per heavy atom. The third-order valence-electron chi connectivity index (χ3n) is 2.35. The monoisotopic (exact) mass is 278 g/mol. The van der Waals surface area contributed by atoms with Crippen molar-refractivity contribution in [1.82, 2.24) is 5.32 Å². The van der Waals surface area contributed by atoms with Gasteiger partial charge in [-0.1, -0.05) is 30.3 Å². The Labute approximate surface area is 107 Å². The van der Waals surface area contributed by atoms with Gasteiger partial charge in [0, 0.05) is 9.43 Å². The predicted octanol–water partition coefficient (Wildman–Crippen LogP) is 0.694. The maximum atomic E-state index is 11.7. The van der Waals surface area contributed by atoms with Gasteiger partial charge in [-0.05, 0) is 11.1 Å². The lowest BCUT2D eigenvalue weighted by Crippen LogP contribution is -2.24. The molecular formula is C10H6N4O4S. The van der Waals surface area contributed by atoms with Gasteiger partial charge in [0.2, 0.25) is 0 Å². The number of hydrogen-bond donors (Lipinski definition) is 1. The number of imide groups is 1. The molecule has 0 spiro atoms. The Kier molecular flexibility index (Phi) is 3.07. The van der Waals surface area contributed by atoms with Crippen LogP contribution in [0.3, 0.4) is 0 Å². The average molecular weight is 278 g/mol. The average Bonchev–Trinajstić information content (AvgIpc) is 2.66. The highest BCUT2D eigenvalue weighted by molar-refractivity contribution is 7.95. The van der Waals surface area contributed by atoms with Crippen LogP contribution in [0.1, 0.15) is 5.56 Å². The van der Waals surface area contributed by atoms with Crippen molar-refractivity contribution < 1.29 is 18.0 Å². The van der Waals surface area contributed by atoms with Gasteiger partial charge in [-0.3, -0.25) is 14.9 Å². The molecule has 19 heavy (non-hydrogen) atoms. The zero-order chi connectivity index (χ0) is 14.0. The second-order valence-corrected chi connectivity index (χ2v) is 5.02. The lowest BCUT2D eigenvalue weighted by atomic mass is 10.1. The van der Waals surface area contributed by atoms with Crippen LogP contribution in [0.4, 0.5) is 0 Å². The van der Waals surface area contributed by atoms with Gasteiger partial charge in [0.1, 0.15) is 0 Å². The fourth-order valence-corrected chi connectivity index (χ4v) is 2.57. The van der Waals surface area contributed by atoms with E-state index in [1.807, 2.05) is 5.32 Å². The molecule has 1 aromatic rings. The fraction of sp³-hybridized carbons (Fsp3) is 0. The van der Waals surface area contributed by atoms with Crippen molar-refractivity contribution in [3.63, 3.8) is 0 Å². The highest BCUT2D eigenvalue weighted by Crippen LogP contribution is 2.28. The molecule has 1 aliphatic heterocycles. The third-order valence-corrected chi connectivity index (χ3v) is 3.55. The Morgan fingerprint density at radius 2 is 1.74 bits per heavy atom. The van der Waals surface area contributed by atoms with Crippen molar-refractivity contribution in [2.24, 2.45) is 4.52 Å². The van der Waals surface area contributed by atoms with Crippen molar-refractivity contribution in [1.29, 1.82) is 0 Å². The van der Waals surface area contributed by atoms with Crippen LogP contribution in [0.15, 0.2) is 39.8 Å². The molecule has 0 aromatic heterocycles. The molecule has 0 atom stereocenters. The van der Waals surface area contributed by atoms with Gasteiger partial charge in [0.25, 0.3) is 21.8 Å². The largest absolute Gasteiger partial charge is 0.287 e. The van der Waals surface area contributed by atoms with E-state index in [0.717, 1.165) is 0 Å². The van der Waals surface area contributed by atoms with E-state index in [0.29, 0.717) is 0 Å². The molecule has 0 saturated heterocycles. The van der Waals surface area contributed by atoms with Crippen LogP contribution >= 0.6 is 0 Å². The first-order chi connectivity index (χ1) is 8.97. The first-order valence-electron chi connectivity index (χ1n) is 4.94. The summed E-state index contributed by atoms with van der Waals surface area (Å²) in [4.78, 5) is 24.5. The first kappa shape index (κ1) is 12.8. The standard InChI is InChI=1S/C10H6N4O4S/c11-13-14-19(17,18)8-7(9(15)12-10(8)16)6-4-2-1-3-5-6/h1-5H,(H,12,15,16). The topological polar surface area (TPSA) is 129 Å². The summed E-state index contributed by atoms with van der Waals surface area (Å²) in [7, 11) is -4.53. The second kappa shape index (κ2) is 4.56. The minimum Gasteiger partial charge on any atom is -0.287 e. The van der Waals surface area contributed by atoms with Crippen LogP contribution in [-0.2, 0) is 19.6 Å². The molecule has 9 heteroatoms. The maximum absolute atomic E-state index is 11.7. The molecule has 96 valence electrons. The number of azide groups is 1. The van der Waals surface area contributed by atoms with E-state index in [2.05, 4.69) is 9.43 Å². The summed E-state index contributed by atoms with van der Waals surface area (Å²) < 4.78 is 25.9. The number of carbonyl (C=O) groups is 2. The minimum absolute atomic E-state index is 0.248. The molecule has 0 aliphatic carbocycles. The molecule has 2 rings (SSSR count). The number of nitrogens with zero attached hydrogens (tertiary/aromatic N) is 3. The van der Waals surface area contributed by atoms with Crippen molar-refractivity contribution in [2.45, 2.75) is 0 Å². The number of sulfonamides is 1. The smallest absolute Gasteiger partial charge is 0.270 e. The van der Waals surface area contributed by atoms with Gasteiger partial charge in [-0.25, -0.2) is 8.42 Å². The summed E-state index contributed by atoms with van der Waals surface area (Å²) >= 11 is 0. The molecule has 0 bridgehead atoms. The summed E-state index contributed by atoms with van der Waals surface area (Å²) in [6.45, 7) is 0. The maximum Gasteiger partial charge on any atom is 0.270 e. The molecule has 0 radical (unpaired) electrons. The van der Waals surface area contributed by atoms with Gasteiger partial charge >= 0.3 is 0 Å². The number of hydrogen-bond acceptors (Lipinski definition) is 4. The summed E-state index contributed by atoms with van der Waals surface area (Å²) in [6, 6.07) is 7.77. The van der Waals surface area contributed by atoms with Gasteiger partial charge in [-0.15, -0.1) is 0 Å². The third kappa shape index (κ3) is 2.19. The Bertz CT molecular complexity index is 745. The second-order valence-electron chi connectivity index (χ2n) is 3.50. The number of rotatable bonds is 3. The molecule has 8 nitrogen and oxygen atoms in total. The zero-order valence-corrected chi connectivity index (χ0v) is 10.1. The van der Waals surface area contributed by atoms with E-state index in [9.17, 15) is 18.0 Å². The number of carbonyl (C=O) groups excluding carboxylic acids is 2. The van der Waals surface area contributed by atoms with Gasteiger partial charge in [-0.2, -0.15) is 0 Å². The Balaban J connectivity index is 2.77. The summed E-state index contributed by atoms with van der Waals surface area (Å²) in [5.74, 6) is -1.95. The quantitative estimate of drug-likeness (QED) is 0.377. The van der Waals surface area contributed by atoms with Crippen LogP contribution in [0.2, 0.25) is 0 Å². The minimum atomic E-state index is -4.53. The predicted molar refractivity (Wildman–Crippen MR) is 64.6 cm³/mol. The molecule has 2 amide bonds. The van der Waals surface area contributed by atoms with Crippen molar-refractivity contribution >= 4 is 27.4 Å². The molecule has 1 N–H and O–H groups in total. The molecular weight excluding hydrogens is 272 g/mol. The van der Waals surface area contributed by atoms with E-state index in [-0.39, 0.29) is 11.1 Å². The molecule has 1 heterocycles. The molecule has 1 aliphatic rings. The zero-order valence-electron chi connectivity index (χ0n) is 9.27. The van der Waals surface area contributed by atoms with Gasteiger partial charge in [0.05, 0.1) is 5.57 Å². The molecule has 1 aromatic carbocycles. The van der Waals surface area contributed by atoms with Crippen LogP contribution in [0, 0.1) is 0 Å². The van der Waals surface area contributed by atoms with E-state index in [1.54, 1.807) is 18.2 Å². The molecule has 0 fully saturated rings. The van der Waals surface area contributed by atoms with Crippen molar-refractivity contribution in [3.05, 3.63) is 51.2 Å². The SMILES string of the molecule is [N-]=[N+]=NS(=O)(=O)C1=C(c2ccccc2)C(=O)NC1=O. The van der Waals surface area contributed by atoms with E-state index in [4.69, 9.17) is 5.53 Å². The van der Waals surface area contributed by atoms with Crippen LogP contribution < -0.4 is 5.32 Å². The van der Waals surface area contributed by atoms with E-state index in [1.165, 1.54) is 12.1 Å². The highest BCUT2D eigenvalue weighted by atomic mass is 32.2. The fourth-order valence-electron chi connectivity index (χ4n) is 1.64. The van der Waals surface area contributed by atoms with E-state index < -0.39 is 26.7 Å². The number of amides is 2. The van der Waals surface area contributed by atoms with Crippen LogP contribution in [0.25, 0.3) is 16.0 Å². The van der Waals surface area contributed by atoms with Crippen molar-refractivity contribution in [3.8, 4) is 0 Å². The Morgan fingerprint density at radius 1 is 1.11 bits per heavy atom. The number of benzene rings is 1. The van der Waals surface area contributed by atoms with Gasteiger partial charge < -0.3 is 0 Å². The summed E-state index contributed by atoms with van der Waals surface area (Å²) in [5.41, 5.74) is 8.14. The summed E-state index contributed by atoms with van der Waals surface area (Å²) in [5, 5.41) is 1.87. The lowest BCUT2D eigenvalue weighted by molar-refractivity contribution is -0.123. The number of nitrogens with one attached hydrogen (secondary N) is 1. The Hall–Kier alpha value is -2.64. The summed E-state index contributed by atoms with van der Waals surface area (Å²) in [6.07, 6.45) is 0. The first-order valence-corrected chi connectivity index (χ1v) is 6.38. The van der Waals surface area contributed by atoms with Crippen LogP contribution in [0.5, 0.6) is 0 Å².